The van der Waals surface area contributed by atoms with E-state index in [0.29, 0.717) is 19.1 Å². The van der Waals surface area contributed by atoms with E-state index < -0.39 is 5.60 Å². The maximum atomic E-state index is 12.4. The van der Waals surface area contributed by atoms with Crippen molar-refractivity contribution in [1.82, 2.24) is 4.90 Å². The molecule has 1 amide bonds. The number of benzene rings is 1. The van der Waals surface area contributed by atoms with Crippen LogP contribution in [-0.4, -0.2) is 36.2 Å². The minimum Gasteiger partial charge on any atom is -0.444 e. The van der Waals surface area contributed by atoms with Gasteiger partial charge in [0, 0.05) is 31.0 Å². The molecule has 0 unspecified atom stereocenters. The quantitative estimate of drug-likeness (QED) is 0.825. The predicted molar refractivity (Wildman–Crippen MR) is 102 cm³/mol. The van der Waals surface area contributed by atoms with Crippen LogP contribution in [0.15, 0.2) is 12.1 Å². The number of rotatable bonds is 2. The number of nitrogen functional groups attached to an aromatic ring is 1. The number of hydrogen-bond donors (Lipinski definition) is 1. The Morgan fingerprint density at radius 1 is 1.24 bits per heavy atom. The highest BCUT2D eigenvalue weighted by Crippen LogP contribution is 2.36. The Balaban J connectivity index is 1.82. The molecule has 5 heteroatoms. The molecule has 0 atom stereocenters. The van der Waals surface area contributed by atoms with Crippen LogP contribution in [0.1, 0.15) is 57.6 Å². The van der Waals surface area contributed by atoms with Gasteiger partial charge in [-0.3, -0.25) is 0 Å². The number of nitrogens with zero attached hydrogens (tertiary/aromatic N) is 2. The fourth-order valence-electron chi connectivity index (χ4n) is 3.98. The fraction of sp³-hybridized carbons (Fsp3) is 0.650. The summed E-state index contributed by atoms with van der Waals surface area (Å²) in [6, 6.07) is 4.75. The van der Waals surface area contributed by atoms with E-state index in [-0.39, 0.29) is 6.09 Å². The molecule has 1 aromatic rings. The summed E-state index contributed by atoms with van der Waals surface area (Å²) < 4.78 is 5.53. The Morgan fingerprint density at radius 3 is 2.56 bits per heavy atom. The smallest absolute Gasteiger partial charge is 0.410 e. The van der Waals surface area contributed by atoms with E-state index in [1.165, 1.54) is 36.9 Å². The molecule has 2 aliphatic rings. The average Bonchev–Trinajstić information content (AvgIpc) is 3.07. The number of fused-ring (bicyclic) bond motifs is 1. The van der Waals surface area contributed by atoms with Crippen LogP contribution in [0.4, 0.5) is 16.2 Å². The van der Waals surface area contributed by atoms with E-state index in [1.54, 1.807) is 4.90 Å². The first kappa shape index (κ1) is 17.9. The van der Waals surface area contributed by atoms with Crippen LogP contribution in [-0.2, 0) is 17.7 Å². The Labute approximate surface area is 151 Å². The highest BCUT2D eigenvalue weighted by atomic mass is 16.6. The van der Waals surface area contributed by atoms with Crippen molar-refractivity contribution < 1.29 is 9.53 Å². The molecule has 1 fully saturated rings. The zero-order valence-electron chi connectivity index (χ0n) is 16.0. The molecule has 3 rings (SSSR count). The number of carbonyl (C=O) groups excluding carboxylic acids is 1. The number of ether oxygens (including phenoxy) is 1. The molecule has 5 nitrogen and oxygen atoms in total. The first-order valence-corrected chi connectivity index (χ1v) is 9.37. The van der Waals surface area contributed by atoms with Crippen molar-refractivity contribution in [1.29, 1.82) is 0 Å². The summed E-state index contributed by atoms with van der Waals surface area (Å²) in [6.45, 7) is 6.89. The summed E-state index contributed by atoms with van der Waals surface area (Å²) in [6.07, 6.45) is 5.73. The second-order valence-electron chi connectivity index (χ2n) is 8.33. The van der Waals surface area contributed by atoms with E-state index in [0.717, 1.165) is 17.7 Å². The van der Waals surface area contributed by atoms with Gasteiger partial charge >= 0.3 is 6.09 Å². The Hall–Kier alpha value is -1.91. The molecule has 0 radical (unpaired) electrons. The molecule has 1 aromatic carbocycles. The standard InChI is InChI=1S/C20H31N3O2/c1-20(2,3)25-19(24)23-12-11-15-16(13-23)17(21)9-10-18(15)22(4)14-7-5-6-8-14/h9-10,14H,5-8,11-13,21H2,1-4H3. The molecule has 0 saturated heterocycles. The van der Waals surface area contributed by atoms with Crippen molar-refractivity contribution >= 4 is 17.5 Å². The summed E-state index contributed by atoms with van der Waals surface area (Å²) >= 11 is 0. The molecule has 1 saturated carbocycles. The molecule has 25 heavy (non-hydrogen) atoms. The molecule has 138 valence electrons. The lowest BCUT2D eigenvalue weighted by atomic mass is 9.95. The minimum absolute atomic E-state index is 0.257. The normalized spacial score (nSPS) is 18.2. The van der Waals surface area contributed by atoms with Gasteiger partial charge in [0.2, 0.25) is 0 Å². The van der Waals surface area contributed by atoms with E-state index in [4.69, 9.17) is 10.5 Å². The summed E-state index contributed by atoms with van der Waals surface area (Å²) in [5.41, 5.74) is 10.2. The van der Waals surface area contributed by atoms with Gasteiger partial charge in [0.1, 0.15) is 5.60 Å². The van der Waals surface area contributed by atoms with Gasteiger partial charge in [0.25, 0.3) is 0 Å². The van der Waals surface area contributed by atoms with Gasteiger partial charge < -0.3 is 20.3 Å². The maximum absolute atomic E-state index is 12.4. The molecule has 1 aliphatic heterocycles. The van der Waals surface area contributed by atoms with Crippen LogP contribution in [0.25, 0.3) is 0 Å². The third kappa shape index (κ3) is 3.86. The van der Waals surface area contributed by atoms with Gasteiger partial charge in [-0.25, -0.2) is 4.79 Å². The molecular weight excluding hydrogens is 314 g/mol. The van der Waals surface area contributed by atoms with E-state index in [1.807, 2.05) is 26.8 Å². The molecular formula is C20H31N3O2. The van der Waals surface area contributed by atoms with Crippen molar-refractivity contribution in [3.8, 4) is 0 Å². The van der Waals surface area contributed by atoms with Crippen LogP contribution >= 0.6 is 0 Å². The second kappa shape index (κ2) is 6.77. The Morgan fingerprint density at radius 2 is 1.92 bits per heavy atom. The lowest BCUT2D eigenvalue weighted by molar-refractivity contribution is 0.0224. The van der Waals surface area contributed by atoms with Gasteiger partial charge in [0.05, 0.1) is 6.54 Å². The lowest BCUT2D eigenvalue weighted by Gasteiger charge is -2.35. The molecule has 0 bridgehead atoms. The summed E-state index contributed by atoms with van der Waals surface area (Å²) in [7, 11) is 2.20. The van der Waals surface area contributed by atoms with Gasteiger partial charge in [-0.15, -0.1) is 0 Å². The zero-order valence-corrected chi connectivity index (χ0v) is 16.0. The third-order valence-corrected chi connectivity index (χ3v) is 5.33. The number of hydrogen-bond acceptors (Lipinski definition) is 4. The molecule has 1 heterocycles. The van der Waals surface area contributed by atoms with E-state index in [2.05, 4.69) is 18.0 Å². The molecule has 0 spiro atoms. The maximum Gasteiger partial charge on any atom is 0.410 e. The highest BCUT2D eigenvalue weighted by molar-refractivity contribution is 5.72. The van der Waals surface area contributed by atoms with Crippen LogP contribution in [0.5, 0.6) is 0 Å². The summed E-state index contributed by atoms with van der Waals surface area (Å²) in [5, 5.41) is 0. The number of nitrogens with two attached hydrogens (primary N) is 1. The summed E-state index contributed by atoms with van der Waals surface area (Å²) in [4.78, 5) is 16.6. The zero-order chi connectivity index (χ0) is 18.2. The Bertz CT molecular complexity index is 645. The number of anilines is 2. The van der Waals surface area contributed by atoms with Gasteiger partial charge in [-0.2, -0.15) is 0 Å². The molecule has 1 aliphatic carbocycles. The SMILES string of the molecule is CN(c1ccc(N)c2c1CCN(C(=O)OC(C)(C)C)C2)C1CCCC1. The van der Waals surface area contributed by atoms with Crippen molar-refractivity contribution in [3.05, 3.63) is 23.3 Å². The van der Waals surface area contributed by atoms with Crippen LogP contribution in [0.3, 0.4) is 0 Å². The third-order valence-electron chi connectivity index (χ3n) is 5.33. The van der Waals surface area contributed by atoms with Crippen LogP contribution in [0.2, 0.25) is 0 Å². The molecule has 0 aromatic heterocycles. The van der Waals surface area contributed by atoms with Gasteiger partial charge in [0.15, 0.2) is 0 Å². The largest absolute Gasteiger partial charge is 0.444 e. The van der Waals surface area contributed by atoms with Crippen molar-refractivity contribution in [3.63, 3.8) is 0 Å². The number of carbonyl (C=O) groups is 1. The molecule has 2 N–H and O–H groups in total. The first-order valence-electron chi connectivity index (χ1n) is 9.37. The Kier molecular flexibility index (Phi) is 4.85. The van der Waals surface area contributed by atoms with Crippen LogP contribution < -0.4 is 10.6 Å². The van der Waals surface area contributed by atoms with Crippen molar-refractivity contribution in [2.24, 2.45) is 0 Å². The lowest BCUT2D eigenvalue weighted by Crippen LogP contribution is -2.41. The summed E-state index contributed by atoms with van der Waals surface area (Å²) in [5.74, 6) is 0. The highest BCUT2D eigenvalue weighted by Gasteiger charge is 2.30. The number of amides is 1. The van der Waals surface area contributed by atoms with E-state index in [9.17, 15) is 4.79 Å². The fourth-order valence-corrected chi connectivity index (χ4v) is 3.98. The monoisotopic (exact) mass is 345 g/mol. The van der Waals surface area contributed by atoms with Crippen LogP contribution in [0, 0.1) is 0 Å². The van der Waals surface area contributed by atoms with Crippen molar-refractivity contribution in [2.45, 2.75) is 71.1 Å². The van der Waals surface area contributed by atoms with Crippen molar-refractivity contribution in [2.75, 3.05) is 24.2 Å². The van der Waals surface area contributed by atoms with Gasteiger partial charge in [-0.1, -0.05) is 12.8 Å². The minimum atomic E-state index is -0.479. The van der Waals surface area contributed by atoms with Gasteiger partial charge in [-0.05, 0) is 63.3 Å². The second-order valence-corrected chi connectivity index (χ2v) is 8.33. The van der Waals surface area contributed by atoms with E-state index >= 15 is 0 Å². The average molecular weight is 345 g/mol. The topological polar surface area (TPSA) is 58.8 Å². The predicted octanol–water partition coefficient (Wildman–Crippen LogP) is 3.94. The first-order chi connectivity index (χ1) is 11.8.